The summed E-state index contributed by atoms with van der Waals surface area (Å²) in [5.41, 5.74) is 6.44. The molecule has 0 radical (unpaired) electrons. The zero-order chi connectivity index (χ0) is 14.4. The van der Waals surface area contributed by atoms with Crippen molar-refractivity contribution in [2.75, 3.05) is 6.61 Å². The van der Waals surface area contributed by atoms with Gasteiger partial charge in [-0.2, -0.15) is 0 Å². The summed E-state index contributed by atoms with van der Waals surface area (Å²) in [5.74, 6) is 0.428. The maximum absolute atomic E-state index is 9.72. The predicted octanol–water partition coefficient (Wildman–Crippen LogP) is 2.13. The molecule has 1 saturated carbocycles. The van der Waals surface area contributed by atoms with Crippen LogP contribution in [0.25, 0.3) is 0 Å². The van der Waals surface area contributed by atoms with Crippen molar-refractivity contribution in [3.63, 3.8) is 0 Å². The maximum atomic E-state index is 9.72. The molecular formula is C16H25N3O. The van der Waals surface area contributed by atoms with E-state index in [1.807, 2.05) is 37.3 Å². The smallest absolute Gasteiger partial charge is 0.189 e. The van der Waals surface area contributed by atoms with Crippen molar-refractivity contribution in [2.24, 2.45) is 10.7 Å². The molecule has 1 aliphatic rings. The fraction of sp³-hybridized carbons (Fsp3) is 0.562. The fourth-order valence-electron chi connectivity index (χ4n) is 2.73. The van der Waals surface area contributed by atoms with Crippen molar-refractivity contribution in [1.82, 2.24) is 5.32 Å². The summed E-state index contributed by atoms with van der Waals surface area (Å²) in [6, 6.07) is 10.2. The molecule has 1 aliphatic carbocycles. The van der Waals surface area contributed by atoms with Gasteiger partial charge in [0, 0.05) is 0 Å². The van der Waals surface area contributed by atoms with Gasteiger partial charge in [0.2, 0.25) is 0 Å². The molecule has 1 fully saturated rings. The van der Waals surface area contributed by atoms with Crippen LogP contribution < -0.4 is 11.1 Å². The molecule has 0 aliphatic heterocycles. The molecule has 1 aromatic carbocycles. The van der Waals surface area contributed by atoms with Crippen molar-refractivity contribution >= 4 is 5.96 Å². The van der Waals surface area contributed by atoms with E-state index in [1.54, 1.807) is 0 Å². The highest BCUT2D eigenvalue weighted by Gasteiger charge is 2.26. The monoisotopic (exact) mass is 275 g/mol. The minimum atomic E-state index is -0.594. The SMILES string of the molecule is CC(CO)(NC(N)=NC1CCCCC1)c1ccccc1. The van der Waals surface area contributed by atoms with Crippen LogP contribution in [0.15, 0.2) is 35.3 Å². The normalized spacial score (nSPS) is 20.4. The second-order valence-electron chi connectivity index (χ2n) is 5.79. The lowest BCUT2D eigenvalue weighted by molar-refractivity contribution is 0.193. The van der Waals surface area contributed by atoms with Crippen molar-refractivity contribution in [3.05, 3.63) is 35.9 Å². The van der Waals surface area contributed by atoms with Crippen LogP contribution in [0, 0.1) is 0 Å². The first-order valence-corrected chi connectivity index (χ1v) is 7.42. The van der Waals surface area contributed by atoms with Gasteiger partial charge >= 0.3 is 0 Å². The number of aliphatic hydroxyl groups is 1. The quantitative estimate of drug-likeness (QED) is 0.582. The molecule has 0 amide bonds. The van der Waals surface area contributed by atoms with Gasteiger partial charge < -0.3 is 16.2 Å². The molecule has 0 saturated heterocycles. The molecule has 0 aromatic heterocycles. The van der Waals surface area contributed by atoms with E-state index in [2.05, 4.69) is 10.3 Å². The van der Waals surface area contributed by atoms with Gasteiger partial charge in [0.25, 0.3) is 0 Å². The van der Waals surface area contributed by atoms with Crippen molar-refractivity contribution < 1.29 is 5.11 Å². The summed E-state index contributed by atoms with van der Waals surface area (Å²) in [6.45, 7) is 1.91. The average molecular weight is 275 g/mol. The fourth-order valence-corrected chi connectivity index (χ4v) is 2.73. The van der Waals surface area contributed by atoms with E-state index >= 15 is 0 Å². The summed E-state index contributed by atoms with van der Waals surface area (Å²) in [7, 11) is 0. The van der Waals surface area contributed by atoms with E-state index in [9.17, 15) is 5.11 Å². The Bertz CT molecular complexity index is 440. The molecule has 2 rings (SSSR count). The summed E-state index contributed by atoms with van der Waals surface area (Å²) >= 11 is 0. The maximum Gasteiger partial charge on any atom is 0.189 e. The third-order valence-electron chi connectivity index (χ3n) is 4.03. The third-order valence-corrected chi connectivity index (χ3v) is 4.03. The molecule has 4 N–H and O–H groups in total. The molecule has 4 heteroatoms. The molecule has 0 bridgehead atoms. The number of nitrogens with zero attached hydrogens (tertiary/aromatic N) is 1. The molecule has 1 atom stereocenters. The first-order valence-electron chi connectivity index (χ1n) is 7.42. The number of benzene rings is 1. The Hall–Kier alpha value is -1.55. The van der Waals surface area contributed by atoms with Gasteiger partial charge in [0.1, 0.15) is 0 Å². The molecule has 0 spiro atoms. The number of nitrogens with two attached hydrogens (primary N) is 1. The number of aliphatic hydroxyl groups excluding tert-OH is 1. The van der Waals surface area contributed by atoms with Gasteiger partial charge in [0.15, 0.2) is 5.96 Å². The lowest BCUT2D eigenvalue weighted by Gasteiger charge is -2.30. The molecular weight excluding hydrogens is 250 g/mol. The molecule has 110 valence electrons. The summed E-state index contributed by atoms with van der Waals surface area (Å²) in [6.07, 6.45) is 6.00. The zero-order valence-electron chi connectivity index (χ0n) is 12.2. The molecule has 1 aromatic rings. The van der Waals surface area contributed by atoms with E-state index in [4.69, 9.17) is 5.73 Å². The van der Waals surface area contributed by atoms with Crippen LogP contribution in [0.2, 0.25) is 0 Å². The first kappa shape index (κ1) is 14.9. The van der Waals surface area contributed by atoms with Gasteiger partial charge in [-0.25, -0.2) is 0 Å². The predicted molar refractivity (Wildman–Crippen MR) is 82.5 cm³/mol. The highest BCUT2D eigenvalue weighted by Crippen LogP contribution is 2.22. The second kappa shape index (κ2) is 6.75. The van der Waals surface area contributed by atoms with Crippen molar-refractivity contribution in [3.8, 4) is 0 Å². The number of rotatable bonds is 4. The largest absolute Gasteiger partial charge is 0.394 e. The minimum absolute atomic E-state index is 0.0299. The Labute approximate surface area is 121 Å². The Morgan fingerprint density at radius 2 is 1.95 bits per heavy atom. The van der Waals surface area contributed by atoms with E-state index < -0.39 is 5.54 Å². The summed E-state index contributed by atoms with van der Waals surface area (Å²) in [4.78, 5) is 4.57. The van der Waals surface area contributed by atoms with Crippen molar-refractivity contribution in [2.45, 2.75) is 50.6 Å². The molecule has 4 nitrogen and oxygen atoms in total. The number of aliphatic imine (C=N–C) groups is 1. The van der Waals surface area contributed by atoms with Gasteiger partial charge in [0.05, 0.1) is 18.2 Å². The lowest BCUT2D eigenvalue weighted by Crippen LogP contribution is -2.49. The average Bonchev–Trinajstić information content (AvgIpc) is 2.49. The third kappa shape index (κ3) is 3.73. The number of hydrogen-bond donors (Lipinski definition) is 3. The number of guanidine groups is 1. The van der Waals surface area contributed by atoms with Crippen LogP contribution >= 0.6 is 0 Å². The van der Waals surface area contributed by atoms with E-state index in [1.165, 1.54) is 19.3 Å². The molecule has 1 unspecified atom stereocenters. The van der Waals surface area contributed by atoms with Gasteiger partial charge in [-0.15, -0.1) is 0 Å². The van der Waals surface area contributed by atoms with Crippen LogP contribution in [0.1, 0.15) is 44.6 Å². The topological polar surface area (TPSA) is 70.6 Å². The first-order chi connectivity index (χ1) is 9.64. The van der Waals surface area contributed by atoms with Crippen LogP contribution in [-0.4, -0.2) is 23.7 Å². The Morgan fingerprint density at radius 3 is 2.55 bits per heavy atom. The molecule has 0 heterocycles. The number of nitrogens with one attached hydrogen (secondary N) is 1. The highest BCUT2D eigenvalue weighted by molar-refractivity contribution is 5.79. The standard InChI is InChI=1S/C16H25N3O/c1-16(12-20,13-8-4-2-5-9-13)19-15(17)18-14-10-6-3-7-11-14/h2,4-5,8-9,14,20H,3,6-7,10-12H2,1H3,(H3,17,18,19). The van der Waals surface area contributed by atoms with Crippen LogP contribution in [0.5, 0.6) is 0 Å². The van der Waals surface area contributed by atoms with E-state index in [-0.39, 0.29) is 6.61 Å². The Balaban J connectivity index is 2.07. The van der Waals surface area contributed by atoms with E-state index in [0.717, 1.165) is 18.4 Å². The van der Waals surface area contributed by atoms with Crippen LogP contribution in [-0.2, 0) is 5.54 Å². The Morgan fingerprint density at radius 1 is 1.30 bits per heavy atom. The second-order valence-corrected chi connectivity index (χ2v) is 5.79. The summed E-state index contributed by atoms with van der Waals surface area (Å²) < 4.78 is 0. The highest BCUT2D eigenvalue weighted by atomic mass is 16.3. The minimum Gasteiger partial charge on any atom is -0.394 e. The van der Waals surface area contributed by atoms with Crippen LogP contribution in [0.3, 0.4) is 0 Å². The Kier molecular flexibility index (Phi) is 5.01. The van der Waals surface area contributed by atoms with Crippen molar-refractivity contribution in [1.29, 1.82) is 0 Å². The lowest BCUT2D eigenvalue weighted by atomic mass is 9.93. The van der Waals surface area contributed by atoms with Gasteiger partial charge in [-0.3, -0.25) is 4.99 Å². The van der Waals surface area contributed by atoms with E-state index in [0.29, 0.717) is 12.0 Å². The van der Waals surface area contributed by atoms with Gasteiger partial charge in [-0.1, -0.05) is 49.6 Å². The molecule has 20 heavy (non-hydrogen) atoms. The van der Waals surface area contributed by atoms with Gasteiger partial charge in [-0.05, 0) is 25.3 Å². The number of hydrogen-bond acceptors (Lipinski definition) is 2. The van der Waals surface area contributed by atoms with Crippen LogP contribution in [0.4, 0.5) is 0 Å². The summed E-state index contributed by atoms with van der Waals surface area (Å²) in [5, 5.41) is 12.9. The zero-order valence-corrected chi connectivity index (χ0v) is 12.2.